The third-order valence-corrected chi connectivity index (χ3v) is 4.27. The highest BCUT2D eigenvalue weighted by atomic mass is 16.5. The van der Waals surface area contributed by atoms with Gasteiger partial charge in [-0.1, -0.05) is 24.3 Å². The van der Waals surface area contributed by atoms with Gasteiger partial charge in [0.25, 0.3) is 5.91 Å². The third-order valence-electron chi connectivity index (χ3n) is 4.27. The summed E-state index contributed by atoms with van der Waals surface area (Å²) in [5, 5.41) is 0. The quantitative estimate of drug-likeness (QED) is 0.849. The highest BCUT2D eigenvalue weighted by Crippen LogP contribution is 2.36. The number of hydrogen-bond donors (Lipinski definition) is 1. The summed E-state index contributed by atoms with van der Waals surface area (Å²) in [7, 11) is 1.69. The maximum absolute atomic E-state index is 10.8. The van der Waals surface area contributed by atoms with Gasteiger partial charge in [0, 0.05) is 19.1 Å². The number of nitrogens with two attached hydrogens (primary N) is 1. The van der Waals surface area contributed by atoms with Crippen LogP contribution >= 0.6 is 0 Å². The standard InChI is InChI=1S/C19H22N2O3/c1-23-16-6-3-5-15(11-16)18-8-9-21(18)12-14-4-2-7-17(10-14)24-13-19(20)22/h2-7,10-11,18H,8-9,12-13H2,1H3,(H2,20,22)/t18-/m0/s1. The Morgan fingerprint density at radius 3 is 2.71 bits per heavy atom. The minimum atomic E-state index is -0.471. The van der Waals surface area contributed by atoms with Crippen LogP contribution in [-0.2, 0) is 11.3 Å². The zero-order valence-corrected chi connectivity index (χ0v) is 13.8. The molecular weight excluding hydrogens is 304 g/mol. The van der Waals surface area contributed by atoms with Gasteiger partial charge in [-0.25, -0.2) is 0 Å². The predicted octanol–water partition coefficient (Wildman–Crippen LogP) is 2.51. The lowest BCUT2D eigenvalue weighted by Gasteiger charge is -2.41. The fraction of sp³-hybridized carbons (Fsp3) is 0.316. The molecule has 1 aliphatic rings. The largest absolute Gasteiger partial charge is 0.497 e. The van der Waals surface area contributed by atoms with E-state index in [2.05, 4.69) is 23.1 Å². The number of carbonyl (C=O) groups excluding carboxylic acids is 1. The van der Waals surface area contributed by atoms with E-state index in [1.165, 1.54) is 5.56 Å². The predicted molar refractivity (Wildman–Crippen MR) is 91.9 cm³/mol. The smallest absolute Gasteiger partial charge is 0.255 e. The van der Waals surface area contributed by atoms with Gasteiger partial charge in [-0.2, -0.15) is 0 Å². The van der Waals surface area contributed by atoms with Crippen LogP contribution in [0, 0.1) is 0 Å². The first kappa shape index (κ1) is 16.3. The second kappa shape index (κ2) is 7.36. The van der Waals surface area contributed by atoms with Crippen molar-refractivity contribution in [3.63, 3.8) is 0 Å². The normalized spacial score (nSPS) is 17.1. The molecule has 0 spiro atoms. The van der Waals surface area contributed by atoms with Crippen LogP contribution in [0.25, 0.3) is 0 Å². The average molecular weight is 326 g/mol. The van der Waals surface area contributed by atoms with Crippen LogP contribution in [0.5, 0.6) is 11.5 Å². The Bertz CT molecular complexity index is 717. The Morgan fingerprint density at radius 2 is 2.00 bits per heavy atom. The number of benzene rings is 2. The molecule has 1 aliphatic heterocycles. The van der Waals surface area contributed by atoms with Crippen LogP contribution < -0.4 is 15.2 Å². The summed E-state index contributed by atoms with van der Waals surface area (Å²) >= 11 is 0. The van der Waals surface area contributed by atoms with Crippen molar-refractivity contribution in [3.05, 3.63) is 59.7 Å². The minimum absolute atomic E-state index is 0.0976. The summed E-state index contributed by atoms with van der Waals surface area (Å²) in [6, 6.07) is 16.5. The van der Waals surface area contributed by atoms with Crippen molar-refractivity contribution < 1.29 is 14.3 Å². The molecule has 2 aromatic rings. The van der Waals surface area contributed by atoms with E-state index in [0.717, 1.165) is 30.8 Å². The lowest BCUT2D eigenvalue weighted by atomic mass is 9.94. The van der Waals surface area contributed by atoms with E-state index in [1.54, 1.807) is 7.11 Å². The molecule has 2 N–H and O–H groups in total. The number of hydrogen-bond acceptors (Lipinski definition) is 4. The van der Waals surface area contributed by atoms with Crippen molar-refractivity contribution in [3.8, 4) is 11.5 Å². The van der Waals surface area contributed by atoms with Crippen LogP contribution in [-0.4, -0.2) is 31.1 Å². The minimum Gasteiger partial charge on any atom is -0.497 e. The second-order valence-electron chi connectivity index (χ2n) is 5.95. The van der Waals surface area contributed by atoms with Crippen LogP contribution in [0.3, 0.4) is 0 Å². The number of carbonyl (C=O) groups is 1. The van der Waals surface area contributed by atoms with E-state index in [-0.39, 0.29) is 6.61 Å². The molecule has 0 saturated carbocycles. The maximum atomic E-state index is 10.8. The Hall–Kier alpha value is -2.53. The SMILES string of the molecule is COc1cccc([C@@H]2CCN2Cc2cccc(OCC(N)=O)c2)c1. The number of likely N-dealkylation sites (tertiary alicyclic amines) is 1. The molecule has 1 atom stereocenters. The summed E-state index contributed by atoms with van der Waals surface area (Å²) in [5.41, 5.74) is 7.55. The summed E-state index contributed by atoms with van der Waals surface area (Å²) in [4.78, 5) is 13.2. The number of primary amides is 1. The van der Waals surface area contributed by atoms with E-state index in [4.69, 9.17) is 15.2 Å². The van der Waals surface area contributed by atoms with Gasteiger partial charge in [0.2, 0.25) is 0 Å². The maximum Gasteiger partial charge on any atom is 0.255 e. The van der Waals surface area contributed by atoms with Crippen molar-refractivity contribution in [1.29, 1.82) is 0 Å². The van der Waals surface area contributed by atoms with Crippen molar-refractivity contribution >= 4 is 5.91 Å². The monoisotopic (exact) mass is 326 g/mol. The molecule has 1 amide bonds. The topological polar surface area (TPSA) is 64.8 Å². The molecule has 3 rings (SSSR count). The Labute approximate surface area is 142 Å². The van der Waals surface area contributed by atoms with Gasteiger partial charge in [-0.05, 0) is 41.8 Å². The van der Waals surface area contributed by atoms with E-state index in [0.29, 0.717) is 11.8 Å². The molecule has 0 aliphatic carbocycles. The van der Waals surface area contributed by atoms with Gasteiger partial charge in [0.1, 0.15) is 11.5 Å². The Balaban J connectivity index is 1.65. The lowest BCUT2D eigenvalue weighted by molar-refractivity contribution is -0.119. The number of methoxy groups -OCH3 is 1. The summed E-state index contributed by atoms with van der Waals surface area (Å²) in [5.74, 6) is 1.09. The van der Waals surface area contributed by atoms with Crippen LogP contribution in [0.1, 0.15) is 23.6 Å². The zero-order chi connectivity index (χ0) is 16.9. The number of rotatable bonds is 7. The van der Waals surface area contributed by atoms with Gasteiger partial charge in [0.15, 0.2) is 6.61 Å². The van der Waals surface area contributed by atoms with Gasteiger partial charge in [-0.3, -0.25) is 9.69 Å². The fourth-order valence-electron chi connectivity index (χ4n) is 2.98. The molecule has 2 aromatic carbocycles. The molecule has 0 radical (unpaired) electrons. The summed E-state index contributed by atoms with van der Waals surface area (Å²) in [6.45, 7) is 1.81. The summed E-state index contributed by atoms with van der Waals surface area (Å²) in [6.07, 6.45) is 1.14. The first-order chi connectivity index (χ1) is 11.7. The molecule has 24 heavy (non-hydrogen) atoms. The fourth-order valence-corrected chi connectivity index (χ4v) is 2.98. The van der Waals surface area contributed by atoms with Crippen LogP contribution in [0.2, 0.25) is 0 Å². The molecule has 1 heterocycles. The first-order valence-electron chi connectivity index (χ1n) is 8.04. The molecule has 0 aromatic heterocycles. The zero-order valence-electron chi connectivity index (χ0n) is 13.8. The van der Waals surface area contributed by atoms with Crippen LogP contribution in [0.15, 0.2) is 48.5 Å². The number of ether oxygens (including phenoxy) is 2. The highest BCUT2D eigenvalue weighted by Gasteiger charge is 2.29. The van der Waals surface area contributed by atoms with E-state index in [1.807, 2.05) is 30.3 Å². The highest BCUT2D eigenvalue weighted by molar-refractivity contribution is 5.75. The molecule has 0 bridgehead atoms. The lowest BCUT2D eigenvalue weighted by Crippen LogP contribution is -2.40. The number of nitrogens with zero attached hydrogens (tertiary/aromatic N) is 1. The van der Waals surface area contributed by atoms with E-state index in [9.17, 15) is 4.79 Å². The average Bonchev–Trinajstić information content (AvgIpc) is 2.57. The van der Waals surface area contributed by atoms with Gasteiger partial charge >= 0.3 is 0 Å². The molecule has 5 nitrogen and oxygen atoms in total. The third kappa shape index (κ3) is 3.86. The molecule has 1 saturated heterocycles. The van der Waals surface area contributed by atoms with Gasteiger partial charge < -0.3 is 15.2 Å². The molecule has 5 heteroatoms. The second-order valence-corrected chi connectivity index (χ2v) is 5.95. The van der Waals surface area contributed by atoms with Crippen molar-refractivity contribution in [2.24, 2.45) is 5.73 Å². The Morgan fingerprint density at radius 1 is 1.21 bits per heavy atom. The van der Waals surface area contributed by atoms with E-state index >= 15 is 0 Å². The summed E-state index contributed by atoms with van der Waals surface area (Å²) < 4.78 is 10.7. The van der Waals surface area contributed by atoms with Gasteiger partial charge in [-0.15, -0.1) is 0 Å². The van der Waals surface area contributed by atoms with E-state index < -0.39 is 5.91 Å². The number of amides is 1. The van der Waals surface area contributed by atoms with Crippen molar-refractivity contribution in [2.45, 2.75) is 19.0 Å². The molecule has 1 fully saturated rings. The Kier molecular flexibility index (Phi) is 5.01. The first-order valence-corrected chi connectivity index (χ1v) is 8.04. The van der Waals surface area contributed by atoms with Gasteiger partial charge in [0.05, 0.1) is 7.11 Å². The van der Waals surface area contributed by atoms with Crippen molar-refractivity contribution in [1.82, 2.24) is 4.90 Å². The van der Waals surface area contributed by atoms with Crippen molar-refractivity contribution in [2.75, 3.05) is 20.3 Å². The van der Waals surface area contributed by atoms with Crippen LogP contribution in [0.4, 0.5) is 0 Å². The molecular formula is C19H22N2O3. The molecule has 0 unspecified atom stereocenters. The molecule has 126 valence electrons.